The van der Waals surface area contributed by atoms with E-state index in [2.05, 4.69) is 47.7 Å². The van der Waals surface area contributed by atoms with Crippen LogP contribution in [0.15, 0.2) is 36.4 Å². The zero-order valence-corrected chi connectivity index (χ0v) is 17.1. The molecule has 1 aromatic heterocycles. The van der Waals surface area contributed by atoms with Crippen molar-refractivity contribution in [2.75, 3.05) is 12.3 Å². The van der Waals surface area contributed by atoms with E-state index in [-0.39, 0.29) is 10.5 Å². The van der Waals surface area contributed by atoms with Gasteiger partial charge in [-0.2, -0.15) is 5.10 Å². The third-order valence-electron chi connectivity index (χ3n) is 5.03. The van der Waals surface area contributed by atoms with Gasteiger partial charge in [0.25, 0.3) is 0 Å². The van der Waals surface area contributed by atoms with Crippen molar-refractivity contribution in [3.63, 3.8) is 0 Å². The quantitative estimate of drug-likeness (QED) is 0.795. The molecule has 4 nitrogen and oxygen atoms in total. The van der Waals surface area contributed by atoms with Crippen molar-refractivity contribution in [2.24, 2.45) is 0 Å². The van der Waals surface area contributed by atoms with Crippen LogP contribution in [-0.2, 0) is 9.84 Å². The van der Waals surface area contributed by atoms with Gasteiger partial charge < -0.3 is 10.2 Å². The highest BCUT2D eigenvalue weighted by atomic mass is 28.4. The number of para-hydroxylation sites is 1. The molecule has 5 heteroatoms. The van der Waals surface area contributed by atoms with Crippen LogP contribution in [0, 0.1) is 0 Å². The second-order valence-electron chi connectivity index (χ2n) is 8.63. The van der Waals surface area contributed by atoms with Crippen LogP contribution in [0.5, 0.6) is 0 Å². The van der Waals surface area contributed by atoms with E-state index in [1.807, 2.05) is 36.4 Å². The third kappa shape index (κ3) is 3.90. The average Bonchev–Trinajstić information content (AvgIpc) is 2.88. The van der Waals surface area contributed by atoms with E-state index < -0.39 is 8.32 Å². The Hall–Kier alpha value is -1.59. The molecule has 2 aromatic rings. The molecule has 0 saturated heterocycles. The van der Waals surface area contributed by atoms with Gasteiger partial charge in [0, 0.05) is 18.1 Å². The maximum absolute atomic E-state index is 6.42. The molecule has 0 aliphatic rings. The van der Waals surface area contributed by atoms with Crippen LogP contribution in [0.1, 0.15) is 40.3 Å². The SMILES string of the molecule is CC(C)(CO[Si](C)(C)C(C)(C)C)c1cc(N)n(-c2ccccc2)n1. The Bertz CT molecular complexity index is 684. The molecule has 0 fully saturated rings. The number of rotatable bonds is 5. The van der Waals surface area contributed by atoms with Crippen molar-refractivity contribution < 1.29 is 4.43 Å². The maximum Gasteiger partial charge on any atom is 0.192 e. The standard InChI is InChI=1S/C19H31N3OSi/c1-18(2,3)24(6,7)23-14-19(4,5)16-13-17(20)22(21-16)15-11-9-8-10-12-15/h8-13H,14,20H2,1-7H3. The fourth-order valence-corrected chi connectivity index (χ4v) is 3.31. The van der Waals surface area contributed by atoms with Crippen LogP contribution < -0.4 is 5.73 Å². The first-order valence-electron chi connectivity index (χ1n) is 8.49. The van der Waals surface area contributed by atoms with E-state index in [1.54, 1.807) is 4.68 Å². The first-order chi connectivity index (χ1) is 10.9. The van der Waals surface area contributed by atoms with Crippen molar-refractivity contribution in [3.8, 4) is 5.69 Å². The summed E-state index contributed by atoms with van der Waals surface area (Å²) in [6.45, 7) is 16.3. The van der Waals surface area contributed by atoms with Gasteiger partial charge in [0.1, 0.15) is 5.82 Å². The number of anilines is 1. The molecule has 0 saturated carbocycles. The first-order valence-corrected chi connectivity index (χ1v) is 11.4. The lowest BCUT2D eigenvalue weighted by Crippen LogP contribution is -2.44. The number of nitrogen functional groups attached to an aromatic ring is 1. The second kappa shape index (κ2) is 6.37. The van der Waals surface area contributed by atoms with Crippen molar-refractivity contribution in [1.82, 2.24) is 9.78 Å². The molecule has 2 N–H and O–H groups in total. The van der Waals surface area contributed by atoms with Gasteiger partial charge in [0.15, 0.2) is 8.32 Å². The summed E-state index contributed by atoms with van der Waals surface area (Å²) in [5.74, 6) is 0.650. The molecule has 132 valence electrons. The number of nitrogens with zero attached hydrogens (tertiary/aromatic N) is 2. The lowest BCUT2D eigenvalue weighted by Gasteiger charge is -2.38. The predicted molar refractivity (Wildman–Crippen MR) is 104 cm³/mol. The van der Waals surface area contributed by atoms with E-state index in [1.165, 1.54) is 0 Å². The van der Waals surface area contributed by atoms with Gasteiger partial charge in [-0.3, -0.25) is 0 Å². The number of benzene rings is 1. The Morgan fingerprint density at radius 3 is 2.21 bits per heavy atom. The smallest absolute Gasteiger partial charge is 0.192 e. The molecule has 0 radical (unpaired) electrons. The Morgan fingerprint density at radius 2 is 1.67 bits per heavy atom. The van der Waals surface area contributed by atoms with Crippen LogP contribution in [-0.4, -0.2) is 24.7 Å². The summed E-state index contributed by atoms with van der Waals surface area (Å²) in [6.07, 6.45) is 0. The van der Waals surface area contributed by atoms with Gasteiger partial charge in [-0.1, -0.05) is 52.8 Å². The van der Waals surface area contributed by atoms with E-state index in [9.17, 15) is 0 Å². The summed E-state index contributed by atoms with van der Waals surface area (Å²) in [7, 11) is -1.78. The molecule has 0 aliphatic carbocycles. The van der Waals surface area contributed by atoms with Gasteiger partial charge >= 0.3 is 0 Å². The van der Waals surface area contributed by atoms with E-state index in [4.69, 9.17) is 15.3 Å². The van der Waals surface area contributed by atoms with E-state index >= 15 is 0 Å². The molecule has 0 amide bonds. The topological polar surface area (TPSA) is 53.1 Å². The third-order valence-corrected chi connectivity index (χ3v) is 9.51. The zero-order valence-electron chi connectivity index (χ0n) is 16.1. The van der Waals surface area contributed by atoms with Gasteiger partial charge in [-0.05, 0) is 30.3 Å². The summed E-state index contributed by atoms with van der Waals surface area (Å²) >= 11 is 0. The Morgan fingerprint density at radius 1 is 1.08 bits per heavy atom. The first kappa shape index (κ1) is 18.7. The monoisotopic (exact) mass is 345 g/mol. The lowest BCUT2D eigenvalue weighted by atomic mass is 9.91. The molecule has 0 bridgehead atoms. The van der Waals surface area contributed by atoms with Gasteiger partial charge in [-0.15, -0.1) is 0 Å². The largest absolute Gasteiger partial charge is 0.416 e. The van der Waals surface area contributed by atoms with Crippen molar-refractivity contribution in [2.45, 2.75) is 58.2 Å². The minimum atomic E-state index is -1.78. The number of aromatic nitrogens is 2. The molecule has 2 rings (SSSR count). The molecule has 24 heavy (non-hydrogen) atoms. The Labute approximate surface area is 147 Å². The highest BCUT2D eigenvalue weighted by Gasteiger charge is 2.39. The normalized spacial score (nSPS) is 13.3. The van der Waals surface area contributed by atoms with Gasteiger partial charge in [0.05, 0.1) is 11.4 Å². The zero-order chi connectivity index (χ0) is 18.2. The molecule has 0 aliphatic heterocycles. The Balaban J connectivity index is 2.22. The second-order valence-corrected chi connectivity index (χ2v) is 13.4. The highest BCUT2D eigenvalue weighted by molar-refractivity contribution is 6.74. The minimum Gasteiger partial charge on any atom is -0.416 e. The summed E-state index contributed by atoms with van der Waals surface area (Å²) in [6, 6.07) is 11.9. The fourth-order valence-electron chi connectivity index (χ4n) is 2.15. The van der Waals surface area contributed by atoms with Crippen LogP contribution in [0.3, 0.4) is 0 Å². The van der Waals surface area contributed by atoms with Crippen LogP contribution in [0.2, 0.25) is 18.1 Å². The van der Waals surface area contributed by atoms with Crippen molar-refractivity contribution >= 4 is 14.1 Å². The van der Waals surface area contributed by atoms with Crippen molar-refractivity contribution in [3.05, 3.63) is 42.1 Å². The molecule has 0 atom stereocenters. The highest BCUT2D eigenvalue weighted by Crippen LogP contribution is 2.38. The summed E-state index contributed by atoms with van der Waals surface area (Å²) in [5, 5.41) is 4.94. The predicted octanol–water partition coefficient (Wildman–Crippen LogP) is 4.75. The number of hydrogen-bond donors (Lipinski definition) is 1. The minimum absolute atomic E-state index is 0.191. The summed E-state index contributed by atoms with van der Waals surface area (Å²) < 4.78 is 8.21. The van der Waals surface area contributed by atoms with Crippen molar-refractivity contribution in [1.29, 1.82) is 0 Å². The van der Waals surface area contributed by atoms with E-state index in [0.29, 0.717) is 12.4 Å². The summed E-state index contributed by atoms with van der Waals surface area (Å²) in [4.78, 5) is 0. The molecule has 0 unspecified atom stereocenters. The fraction of sp³-hybridized carbons (Fsp3) is 0.526. The number of hydrogen-bond acceptors (Lipinski definition) is 3. The molecular weight excluding hydrogens is 314 g/mol. The average molecular weight is 346 g/mol. The molecule has 1 aromatic carbocycles. The maximum atomic E-state index is 6.42. The lowest BCUT2D eigenvalue weighted by molar-refractivity contribution is 0.217. The molecule has 0 spiro atoms. The van der Waals surface area contributed by atoms with Crippen LogP contribution in [0.4, 0.5) is 5.82 Å². The summed E-state index contributed by atoms with van der Waals surface area (Å²) in [5.41, 5.74) is 7.93. The van der Waals surface area contributed by atoms with E-state index in [0.717, 1.165) is 11.4 Å². The van der Waals surface area contributed by atoms with Gasteiger partial charge in [0.2, 0.25) is 0 Å². The molecular formula is C19H31N3OSi. The van der Waals surface area contributed by atoms with Gasteiger partial charge in [-0.25, -0.2) is 4.68 Å². The molecule has 1 heterocycles. The van der Waals surface area contributed by atoms with Crippen LogP contribution >= 0.6 is 0 Å². The van der Waals surface area contributed by atoms with Crippen LogP contribution in [0.25, 0.3) is 5.69 Å². The number of nitrogens with two attached hydrogens (primary N) is 1. The Kier molecular flexibility index (Phi) is 4.98.